The highest BCUT2D eigenvalue weighted by atomic mass is 127. The van der Waals surface area contributed by atoms with Gasteiger partial charge in [0.15, 0.2) is 17.5 Å². The van der Waals surface area contributed by atoms with Crippen molar-refractivity contribution in [1.29, 1.82) is 0 Å². The van der Waals surface area contributed by atoms with E-state index in [2.05, 4.69) is 31.6 Å². The lowest BCUT2D eigenvalue weighted by Gasteiger charge is -2.13. The number of aliphatic imine (C=N–C) groups is 1. The van der Waals surface area contributed by atoms with Gasteiger partial charge in [0, 0.05) is 24.6 Å². The van der Waals surface area contributed by atoms with Gasteiger partial charge in [-0.2, -0.15) is 0 Å². The molecule has 0 radical (unpaired) electrons. The van der Waals surface area contributed by atoms with Crippen molar-refractivity contribution in [3.8, 4) is 11.5 Å². The summed E-state index contributed by atoms with van der Waals surface area (Å²) in [6, 6.07) is 10.6. The highest BCUT2D eigenvalue weighted by Crippen LogP contribution is 2.27. The first-order chi connectivity index (χ1) is 12.5. The van der Waals surface area contributed by atoms with Crippen molar-refractivity contribution in [1.82, 2.24) is 10.6 Å². The Hall–Kier alpha value is -1.55. The number of benzene rings is 2. The number of ether oxygens (including phenoxy) is 2. The highest BCUT2D eigenvalue weighted by Gasteiger charge is 2.05. The lowest BCUT2D eigenvalue weighted by atomic mass is 10.1. The Bertz CT molecular complexity index is 754. The minimum absolute atomic E-state index is 0. The van der Waals surface area contributed by atoms with Crippen molar-refractivity contribution < 1.29 is 13.9 Å². The molecule has 148 valence electrons. The Morgan fingerprint density at radius 1 is 1.04 bits per heavy atom. The number of guanidine groups is 1. The van der Waals surface area contributed by atoms with Crippen LogP contribution in [0, 0.1) is 5.82 Å². The maximum absolute atomic E-state index is 13.4. The van der Waals surface area contributed by atoms with Gasteiger partial charge in [-0.1, -0.05) is 22.0 Å². The molecule has 0 fully saturated rings. The molecule has 0 aliphatic rings. The topological polar surface area (TPSA) is 54.9 Å². The smallest absolute Gasteiger partial charge is 0.191 e. The average Bonchev–Trinajstić information content (AvgIpc) is 2.63. The number of hydrogen-bond donors (Lipinski definition) is 2. The fourth-order valence-corrected chi connectivity index (χ4v) is 2.99. The molecule has 0 amide bonds. The van der Waals surface area contributed by atoms with Crippen LogP contribution in [0.2, 0.25) is 0 Å². The SMILES string of the molecule is CN=C(NCCc1ccc(OC)c(OC)c1)NCc1cc(F)cc(Br)c1.I. The predicted molar refractivity (Wildman–Crippen MR) is 121 cm³/mol. The second-order valence-electron chi connectivity index (χ2n) is 5.57. The molecule has 27 heavy (non-hydrogen) atoms. The van der Waals surface area contributed by atoms with Crippen molar-refractivity contribution in [2.24, 2.45) is 4.99 Å². The molecule has 2 N–H and O–H groups in total. The Kier molecular flexibility index (Phi) is 10.5. The van der Waals surface area contributed by atoms with Crippen LogP contribution < -0.4 is 20.1 Å². The molecule has 0 heterocycles. The molecule has 0 saturated carbocycles. The molecule has 0 saturated heterocycles. The molecule has 0 bridgehead atoms. The van der Waals surface area contributed by atoms with E-state index in [1.807, 2.05) is 24.3 Å². The van der Waals surface area contributed by atoms with E-state index in [4.69, 9.17) is 9.47 Å². The third-order valence-corrected chi connectivity index (χ3v) is 4.22. The minimum atomic E-state index is -0.271. The fourth-order valence-electron chi connectivity index (χ4n) is 2.48. The van der Waals surface area contributed by atoms with E-state index in [1.54, 1.807) is 21.3 Å². The van der Waals surface area contributed by atoms with E-state index in [0.29, 0.717) is 35.0 Å². The number of nitrogens with zero attached hydrogens (tertiary/aromatic N) is 1. The lowest BCUT2D eigenvalue weighted by Crippen LogP contribution is -2.37. The van der Waals surface area contributed by atoms with Crippen molar-refractivity contribution in [2.45, 2.75) is 13.0 Å². The van der Waals surface area contributed by atoms with Crippen molar-refractivity contribution >= 4 is 45.9 Å². The number of nitrogens with one attached hydrogen (secondary N) is 2. The van der Waals surface area contributed by atoms with Gasteiger partial charge in [-0.25, -0.2) is 4.39 Å². The number of methoxy groups -OCH3 is 2. The molecule has 8 heteroatoms. The van der Waals surface area contributed by atoms with Gasteiger partial charge >= 0.3 is 0 Å². The van der Waals surface area contributed by atoms with E-state index in [0.717, 1.165) is 17.5 Å². The summed E-state index contributed by atoms with van der Waals surface area (Å²) in [7, 11) is 4.94. The molecule has 0 spiro atoms. The molecule has 0 aromatic heterocycles. The standard InChI is InChI=1S/C19H23BrFN3O2.HI/c1-22-19(24-12-14-8-15(20)11-16(21)9-14)23-7-6-13-4-5-17(25-2)18(10-13)26-3;/h4-5,8-11H,6-7,12H2,1-3H3,(H2,22,23,24);1H. The Morgan fingerprint density at radius 3 is 2.41 bits per heavy atom. The van der Waals surface area contributed by atoms with Gasteiger partial charge in [0.2, 0.25) is 0 Å². The predicted octanol–water partition coefficient (Wildman–Crippen LogP) is 4.13. The zero-order chi connectivity index (χ0) is 18.9. The minimum Gasteiger partial charge on any atom is -0.493 e. The lowest BCUT2D eigenvalue weighted by molar-refractivity contribution is 0.354. The molecule has 2 aromatic carbocycles. The van der Waals surface area contributed by atoms with E-state index < -0.39 is 0 Å². The average molecular weight is 552 g/mol. The third-order valence-electron chi connectivity index (χ3n) is 3.76. The molecular formula is C19H24BrFIN3O2. The second-order valence-corrected chi connectivity index (χ2v) is 6.49. The fraction of sp³-hybridized carbons (Fsp3) is 0.316. The van der Waals surface area contributed by atoms with Gasteiger partial charge in [-0.05, 0) is 47.9 Å². The van der Waals surface area contributed by atoms with E-state index >= 15 is 0 Å². The van der Waals surface area contributed by atoms with Crippen LogP contribution in [-0.2, 0) is 13.0 Å². The first kappa shape index (κ1) is 23.5. The van der Waals surface area contributed by atoms with Crippen LogP contribution in [0.25, 0.3) is 0 Å². The molecular weight excluding hydrogens is 528 g/mol. The number of hydrogen-bond acceptors (Lipinski definition) is 3. The van der Waals surface area contributed by atoms with Crippen LogP contribution >= 0.6 is 39.9 Å². The van der Waals surface area contributed by atoms with E-state index in [1.165, 1.54) is 12.1 Å². The Morgan fingerprint density at radius 2 is 1.78 bits per heavy atom. The van der Waals surface area contributed by atoms with Gasteiger partial charge in [0.1, 0.15) is 5.82 Å². The van der Waals surface area contributed by atoms with Crippen LogP contribution in [0.4, 0.5) is 4.39 Å². The van der Waals surface area contributed by atoms with Crippen LogP contribution in [-0.4, -0.2) is 33.8 Å². The molecule has 5 nitrogen and oxygen atoms in total. The number of rotatable bonds is 7. The molecule has 0 aliphatic carbocycles. The van der Waals surface area contributed by atoms with Gasteiger partial charge < -0.3 is 20.1 Å². The van der Waals surface area contributed by atoms with Crippen LogP contribution in [0.15, 0.2) is 45.9 Å². The van der Waals surface area contributed by atoms with Crippen molar-refractivity contribution in [2.75, 3.05) is 27.8 Å². The maximum atomic E-state index is 13.4. The van der Waals surface area contributed by atoms with Crippen molar-refractivity contribution in [3.05, 3.63) is 57.8 Å². The Balaban J connectivity index is 0.00000364. The summed E-state index contributed by atoms with van der Waals surface area (Å²) in [6.45, 7) is 1.17. The molecule has 2 rings (SSSR count). The van der Waals surface area contributed by atoms with E-state index in [-0.39, 0.29) is 29.8 Å². The summed E-state index contributed by atoms with van der Waals surface area (Å²) in [5.74, 6) is 1.81. The summed E-state index contributed by atoms with van der Waals surface area (Å²) in [5.41, 5.74) is 1.96. The monoisotopic (exact) mass is 551 g/mol. The van der Waals surface area contributed by atoms with Gasteiger partial charge in [0.05, 0.1) is 14.2 Å². The van der Waals surface area contributed by atoms with Gasteiger partial charge in [-0.3, -0.25) is 4.99 Å². The summed E-state index contributed by atoms with van der Waals surface area (Å²) < 4.78 is 24.7. The molecule has 0 aliphatic heterocycles. The quantitative estimate of drug-likeness (QED) is 0.309. The number of halogens is 3. The summed E-state index contributed by atoms with van der Waals surface area (Å²) in [4.78, 5) is 4.18. The van der Waals surface area contributed by atoms with Gasteiger partial charge in [0.25, 0.3) is 0 Å². The van der Waals surface area contributed by atoms with Gasteiger partial charge in [-0.15, -0.1) is 24.0 Å². The molecule has 0 atom stereocenters. The van der Waals surface area contributed by atoms with Crippen LogP contribution in [0.1, 0.15) is 11.1 Å². The maximum Gasteiger partial charge on any atom is 0.191 e. The molecule has 0 unspecified atom stereocenters. The summed E-state index contributed by atoms with van der Waals surface area (Å²) in [6.07, 6.45) is 0.798. The largest absolute Gasteiger partial charge is 0.493 e. The molecule has 2 aromatic rings. The second kappa shape index (κ2) is 12.0. The zero-order valence-corrected chi connectivity index (χ0v) is 19.4. The van der Waals surface area contributed by atoms with E-state index in [9.17, 15) is 4.39 Å². The summed E-state index contributed by atoms with van der Waals surface area (Å²) in [5, 5.41) is 6.42. The summed E-state index contributed by atoms with van der Waals surface area (Å²) >= 11 is 3.29. The normalized spacial score (nSPS) is 10.8. The Labute approximate surface area is 184 Å². The third kappa shape index (κ3) is 7.53. The van der Waals surface area contributed by atoms with Crippen LogP contribution in [0.5, 0.6) is 11.5 Å². The highest BCUT2D eigenvalue weighted by molar-refractivity contribution is 14.0. The van der Waals surface area contributed by atoms with Crippen molar-refractivity contribution in [3.63, 3.8) is 0 Å². The first-order valence-electron chi connectivity index (χ1n) is 8.16. The first-order valence-corrected chi connectivity index (χ1v) is 8.95. The van der Waals surface area contributed by atoms with Crippen LogP contribution in [0.3, 0.4) is 0 Å². The zero-order valence-electron chi connectivity index (χ0n) is 15.5.